The van der Waals surface area contributed by atoms with Gasteiger partial charge in [-0.25, -0.2) is 9.97 Å². The van der Waals surface area contributed by atoms with Crippen molar-refractivity contribution in [2.75, 3.05) is 0 Å². The van der Waals surface area contributed by atoms with Crippen molar-refractivity contribution in [3.63, 3.8) is 0 Å². The summed E-state index contributed by atoms with van der Waals surface area (Å²) in [6.45, 7) is 1.91. The zero-order valence-electron chi connectivity index (χ0n) is 5.78. The lowest BCUT2D eigenvalue weighted by atomic mass is 10.4. The van der Waals surface area contributed by atoms with Crippen molar-refractivity contribution in [3.05, 3.63) is 30.0 Å². The van der Waals surface area contributed by atoms with Crippen molar-refractivity contribution in [2.24, 2.45) is 5.73 Å². The van der Waals surface area contributed by atoms with Crippen LogP contribution in [0.15, 0.2) is 18.5 Å². The molecule has 3 nitrogen and oxygen atoms in total. The number of aryl methyl sites for hydroxylation is 1. The van der Waals surface area contributed by atoms with Crippen LogP contribution in [0, 0.1) is 6.92 Å². The van der Waals surface area contributed by atoms with E-state index in [1.54, 1.807) is 12.3 Å². The summed E-state index contributed by atoms with van der Waals surface area (Å²) in [7, 11) is 0. The number of hydrogen-bond donors (Lipinski definition) is 1. The molecule has 10 heavy (non-hydrogen) atoms. The Hall–Kier alpha value is -1.38. The van der Waals surface area contributed by atoms with E-state index in [1.165, 1.54) is 6.20 Å². The highest BCUT2D eigenvalue weighted by Crippen LogP contribution is 1.93. The van der Waals surface area contributed by atoms with Crippen molar-refractivity contribution in [3.8, 4) is 0 Å². The van der Waals surface area contributed by atoms with Crippen LogP contribution in [0.3, 0.4) is 0 Å². The molecule has 52 valence electrons. The molecule has 0 atom stereocenters. The molecular weight excluding hydrogens is 126 g/mol. The van der Waals surface area contributed by atoms with E-state index in [9.17, 15) is 0 Å². The molecule has 0 saturated carbocycles. The normalized spacial score (nSPS) is 10.5. The highest BCUT2D eigenvalue weighted by Gasteiger charge is 1.87. The van der Waals surface area contributed by atoms with Gasteiger partial charge in [0.05, 0.1) is 0 Å². The van der Waals surface area contributed by atoms with E-state index in [1.807, 2.05) is 13.0 Å². The second-order valence-electron chi connectivity index (χ2n) is 1.92. The molecule has 0 fully saturated rings. The van der Waals surface area contributed by atoms with Gasteiger partial charge in [0.25, 0.3) is 0 Å². The fourth-order valence-electron chi connectivity index (χ4n) is 0.635. The summed E-state index contributed by atoms with van der Waals surface area (Å²) in [5.74, 6) is 0.655. The first-order valence-corrected chi connectivity index (χ1v) is 3.01. The molecule has 0 aliphatic rings. The van der Waals surface area contributed by atoms with Crippen molar-refractivity contribution < 1.29 is 0 Å². The summed E-state index contributed by atoms with van der Waals surface area (Å²) in [5, 5.41) is 0. The molecule has 0 spiro atoms. The first-order chi connectivity index (χ1) is 4.83. The average Bonchev–Trinajstić information content (AvgIpc) is 1.88. The maximum Gasteiger partial charge on any atom is 0.153 e. The van der Waals surface area contributed by atoms with Crippen molar-refractivity contribution in [1.82, 2.24) is 9.97 Å². The minimum absolute atomic E-state index is 0.655. The van der Waals surface area contributed by atoms with Crippen LogP contribution in [0.4, 0.5) is 0 Å². The first kappa shape index (κ1) is 6.74. The Bertz CT molecular complexity index is 242. The standard InChI is InChI=1S/C7H9N3/c1-6-3-5-9-7(10-6)2-4-8/h2-5H,8H2,1H3. The zero-order valence-corrected chi connectivity index (χ0v) is 5.78. The maximum absolute atomic E-state index is 5.15. The van der Waals surface area contributed by atoms with E-state index in [-0.39, 0.29) is 0 Å². The van der Waals surface area contributed by atoms with E-state index in [0.717, 1.165) is 5.69 Å². The lowest BCUT2D eigenvalue weighted by Gasteiger charge is -1.91. The quantitative estimate of drug-likeness (QED) is 0.617. The molecule has 2 N–H and O–H groups in total. The van der Waals surface area contributed by atoms with Crippen LogP contribution in [0.25, 0.3) is 6.08 Å². The molecule has 1 aromatic rings. The third kappa shape index (κ3) is 1.55. The Morgan fingerprint density at radius 2 is 2.40 bits per heavy atom. The first-order valence-electron chi connectivity index (χ1n) is 3.01. The summed E-state index contributed by atoms with van der Waals surface area (Å²) in [6, 6.07) is 1.84. The molecule has 0 amide bonds. The van der Waals surface area contributed by atoms with E-state index in [2.05, 4.69) is 9.97 Å². The van der Waals surface area contributed by atoms with Gasteiger partial charge < -0.3 is 5.73 Å². The van der Waals surface area contributed by atoms with Gasteiger partial charge in [-0.3, -0.25) is 0 Å². The van der Waals surface area contributed by atoms with Crippen LogP contribution < -0.4 is 5.73 Å². The van der Waals surface area contributed by atoms with Gasteiger partial charge in [0.2, 0.25) is 0 Å². The highest BCUT2D eigenvalue weighted by atomic mass is 14.9. The highest BCUT2D eigenvalue weighted by molar-refractivity contribution is 5.38. The van der Waals surface area contributed by atoms with Gasteiger partial charge in [-0.05, 0) is 25.3 Å². The molecule has 0 saturated heterocycles. The Balaban J connectivity index is 2.95. The molecular formula is C7H9N3. The lowest BCUT2D eigenvalue weighted by molar-refractivity contribution is 1.07. The number of aromatic nitrogens is 2. The van der Waals surface area contributed by atoms with Crippen molar-refractivity contribution in [2.45, 2.75) is 6.92 Å². The van der Waals surface area contributed by atoms with E-state index >= 15 is 0 Å². The van der Waals surface area contributed by atoms with Crippen molar-refractivity contribution >= 4 is 6.08 Å². The van der Waals surface area contributed by atoms with Crippen LogP contribution in [0.5, 0.6) is 0 Å². The minimum Gasteiger partial charge on any atom is -0.404 e. The van der Waals surface area contributed by atoms with Gasteiger partial charge in [0, 0.05) is 11.9 Å². The predicted octanol–water partition coefficient (Wildman–Crippen LogP) is 0.714. The van der Waals surface area contributed by atoms with Gasteiger partial charge in [-0.15, -0.1) is 0 Å². The smallest absolute Gasteiger partial charge is 0.153 e. The maximum atomic E-state index is 5.15. The third-order valence-corrected chi connectivity index (χ3v) is 1.06. The summed E-state index contributed by atoms with van der Waals surface area (Å²) in [5.41, 5.74) is 6.10. The summed E-state index contributed by atoms with van der Waals surface area (Å²) < 4.78 is 0. The van der Waals surface area contributed by atoms with Crippen LogP contribution in [-0.4, -0.2) is 9.97 Å². The van der Waals surface area contributed by atoms with Crippen LogP contribution in [0.1, 0.15) is 11.5 Å². The molecule has 0 unspecified atom stereocenters. The number of nitrogens with zero attached hydrogens (tertiary/aromatic N) is 2. The molecule has 0 radical (unpaired) electrons. The lowest BCUT2D eigenvalue weighted by Crippen LogP contribution is -1.89. The van der Waals surface area contributed by atoms with Gasteiger partial charge in [0.1, 0.15) is 0 Å². The summed E-state index contributed by atoms with van der Waals surface area (Å²) in [4.78, 5) is 8.04. The minimum atomic E-state index is 0.655. The van der Waals surface area contributed by atoms with Crippen LogP contribution in [-0.2, 0) is 0 Å². The van der Waals surface area contributed by atoms with Gasteiger partial charge in [-0.1, -0.05) is 0 Å². The van der Waals surface area contributed by atoms with E-state index < -0.39 is 0 Å². The number of rotatable bonds is 1. The SMILES string of the molecule is Cc1ccnc(C=CN)n1. The van der Waals surface area contributed by atoms with Crippen molar-refractivity contribution in [1.29, 1.82) is 0 Å². The Morgan fingerprint density at radius 1 is 1.60 bits per heavy atom. The summed E-state index contributed by atoms with van der Waals surface area (Å²) >= 11 is 0. The van der Waals surface area contributed by atoms with Crippen LogP contribution >= 0.6 is 0 Å². The number of hydrogen-bond acceptors (Lipinski definition) is 3. The predicted molar refractivity (Wildman–Crippen MR) is 40.0 cm³/mol. The molecule has 1 aromatic heterocycles. The van der Waals surface area contributed by atoms with E-state index in [4.69, 9.17) is 5.73 Å². The second-order valence-corrected chi connectivity index (χ2v) is 1.92. The van der Waals surface area contributed by atoms with Crippen LogP contribution in [0.2, 0.25) is 0 Å². The fourth-order valence-corrected chi connectivity index (χ4v) is 0.635. The number of nitrogens with two attached hydrogens (primary N) is 1. The Labute approximate surface area is 59.6 Å². The van der Waals surface area contributed by atoms with Gasteiger partial charge in [0.15, 0.2) is 5.82 Å². The largest absolute Gasteiger partial charge is 0.404 e. The molecule has 1 heterocycles. The third-order valence-electron chi connectivity index (χ3n) is 1.06. The fraction of sp³-hybridized carbons (Fsp3) is 0.143. The summed E-state index contributed by atoms with van der Waals surface area (Å²) in [6.07, 6.45) is 4.79. The molecule has 1 rings (SSSR count). The van der Waals surface area contributed by atoms with Gasteiger partial charge >= 0.3 is 0 Å². The average molecular weight is 135 g/mol. The van der Waals surface area contributed by atoms with E-state index in [0.29, 0.717) is 5.82 Å². The monoisotopic (exact) mass is 135 g/mol. The second kappa shape index (κ2) is 2.96. The molecule has 0 aromatic carbocycles. The molecule has 0 aliphatic carbocycles. The Kier molecular flexibility index (Phi) is 1.99. The molecule has 0 aliphatic heterocycles. The molecule has 3 heteroatoms. The Morgan fingerprint density at radius 3 is 3.00 bits per heavy atom. The topological polar surface area (TPSA) is 51.8 Å². The zero-order chi connectivity index (χ0) is 7.40. The van der Waals surface area contributed by atoms with Gasteiger partial charge in [-0.2, -0.15) is 0 Å². The molecule has 0 bridgehead atoms.